The Hall–Kier alpha value is -1.60. The Balaban J connectivity index is 0.00000400. The minimum absolute atomic E-state index is 0. The molecule has 0 saturated carbocycles. The van der Waals surface area contributed by atoms with Crippen molar-refractivity contribution < 1.29 is 4.79 Å². The molecule has 0 aliphatic heterocycles. The van der Waals surface area contributed by atoms with Crippen LogP contribution in [0.15, 0.2) is 21.9 Å². The van der Waals surface area contributed by atoms with E-state index in [1.165, 1.54) is 12.3 Å². The van der Waals surface area contributed by atoms with Gasteiger partial charge in [-0.25, -0.2) is 4.79 Å². The predicted molar refractivity (Wildman–Crippen MR) is 83.6 cm³/mol. The number of aromatic nitrogens is 2. The maximum absolute atomic E-state index is 12.0. The lowest BCUT2D eigenvalue weighted by atomic mass is 9.91. The van der Waals surface area contributed by atoms with Crippen LogP contribution in [-0.4, -0.2) is 27.5 Å². The number of carbonyl (C=O) groups excluding carboxylic acids is 1. The first-order chi connectivity index (χ1) is 9.25. The van der Waals surface area contributed by atoms with Crippen LogP contribution in [0, 0.1) is 5.92 Å². The summed E-state index contributed by atoms with van der Waals surface area (Å²) in [5.74, 6) is 0.0763. The Morgan fingerprint density at radius 1 is 1.48 bits per heavy atom. The Morgan fingerprint density at radius 3 is 2.57 bits per heavy atom. The number of hydrogen-bond donors (Lipinski definition) is 3. The zero-order chi connectivity index (χ0) is 15.3. The number of nitrogens with one attached hydrogen (secondary N) is 2. The van der Waals surface area contributed by atoms with Crippen molar-refractivity contribution in [2.45, 2.75) is 39.3 Å². The second-order valence-corrected chi connectivity index (χ2v) is 5.65. The molecule has 1 aromatic rings. The van der Waals surface area contributed by atoms with E-state index < -0.39 is 16.8 Å². The Bertz CT molecular complexity index is 581. The summed E-state index contributed by atoms with van der Waals surface area (Å²) in [6.07, 6.45) is 2.04. The molecular formula is C13H23ClN4O3. The van der Waals surface area contributed by atoms with Crippen molar-refractivity contribution >= 4 is 18.3 Å². The number of aromatic amines is 1. The summed E-state index contributed by atoms with van der Waals surface area (Å²) in [5, 5.41) is 2.85. The average Bonchev–Trinajstić information content (AvgIpc) is 2.31. The topological polar surface area (TPSA) is 110 Å². The summed E-state index contributed by atoms with van der Waals surface area (Å²) in [7, 11) is 0. The second kappa shape index (κ2) is 7.99. The molecule has 0 fully saturated rings. The molecule has 120 valence electrons. The van der Waals surface area contributed by atoms with Gasteiger partial charge >= 0.3 is 5.69 Å². The van der Waals surface area contributed by atoms with Crippen LogP contribution in [0.4, 0.5) is 0 Å². The minimum Gasteiger partial charge on any atom is -0.348 e. The van der Waals surface area contributed by atoms with Gasteiger partial charge in [0, 0.05) is 24.3 Å². The van der Waals surface area contributed by atoms with E-state index in [9.17, 15) is 14.4 Å². The highest BCUT2D eigenvalue weighted by Gasteiger charge is 2.25. The highest BCUT2D eigenvalue weighted by atomic mass is 35.5. The van der Waals surface area contributed by atoms with E-state index in [-0.39, 0.29) is 24.9 Å². The molecule has 0 aromatic carbocycles. The van der Waals surface area contributed by atoms with Crippen molar-refractivity contribution in [1.82, 2.24) is 14.9 Å². The average molecular weight is 319 g/mol. The summed E-state index contributed by atoms with van der Waals surface area (Å²) in [6.45, 7) is 6.14. The van der Waals surface area contributed by atoms with Gasteiger partial charge in [-0.2, -0.15) is 0 Å². The van der Waals surface area contributed by atoms with Crippen molar-refractivity contribution in [3.8, 4) is 0 Å². The molecule has 1 rings (SSSR count). The summed E-state index contributed by atoms with van der Waals surface area (Å²) in [6, 6.07) is 1.20. The number of hydrogen-bond acceptors (Lipinski definition) is 4. The van der Waals surface area contributed by atoms with Crippen LogP contribution in [0.3, 0.4) is 0 Å². The van der Waals surface area contributed by atoms with Gasteiger partial charge in [-0.1, -0.05) is 13.8 Å². The molecule has 1 atom stereocenters. The van der Waals surface area contributed by atoms with Crippen molar-refractivity contribution in [2.24, 2.45) is 11.7 Å². The van der Waals surface area contributed by atoms with Gasteiger partial charge in [0.1, 0.15) is 6.54 Å². The minimum atomic E-state index is -0.606. The zero-order valence-corrected chi connectivity index (χ0v) is 13.3. The number of nitrogens with two attached hydrogens (primary N) is 1. The Labute approximate surface area is 129 Å². The Morgan fingerprint density at radius 2 is 2.10 bits per heavy atom. The second-order valence-electron chi connectivity index (χ2n) is 5.65. The van der Waals surface area contributed by atoms with Gasteiger partial charge in [-0.05, 0) is 19.3 Å². The van der Waals surface area contributed by atoms with Crippen LogP contribution in [-0.2, 0) is 11.3 Å². The van der Waals surface area contributed by atoms with E-state index in [4.69, 9.17) is 5.73 Å². The first kappa shape index (κ1) is 19.4. The normalized spacial score (nSPS) is 13.4. The zero-order valence-electron chi connectivity index (χ0n) is 12.5. The molecule has 0 aliphatic carbocycles. The van der Waals surface area contributed by atoms with E-state index in [1.54, 1.807) is 0 Å². The summed E-state index contributed by atoms with van der Waals surface area (Å²) >= 11 is 0. The Kier molecular flexibility index (Phi) is 7.38. The van der Waals surface area contributed by atoms with Crippen LogP contribution in [0.1, 0.15) is 27.2 Å². The van der Waals surface area contributed by atoms with Crippen LogP contribution in [0.2, 0.25) is 0 Å². The molecule has 0 saturated heterocycles. The van der Waals surface area contributed by atoms with Crippen LogP contribution in [0.25, 0.3) is 0 Å². The number of carbonyl (C=O) groups is 1. The molecule has 1 heterocycles. The van der Waals surface area contributed by atoms with Gasteiger partial charge < -0.3 is 11.1 Å². The van der Waals surface area contributed by atoms with Crippen LogP contribution >= 0.6 is 12.4 Å². The highest BCUT2D eigenvalue weighted by molar-refractivity contribution is 5.85. The molecular weight excluding hydrogens is 296 g/mol. The molecule has 1 aromatic heterocycles. The summed E-state index contributed by atoms with van der Waals surface area (Å²) in [5.41, 5.74) is 4.12. The van der Waals surface area contributed by atoms with E-state index in [0.717, 1.165) is 11.0 Å². The highest BCUT2D eigenvalue weighted by Crippen LogP contribution is 2.15. The third kappa shape index (κ3) is 6.14. The molecule has 0 bridgehead atoms. The fraction of sp³-hybridized carbons (Fsp3) is 0.615. The molecule has 1 amide bonds. The van der Waals surface area contributed by atoms with E-state index >= 15 is 0 Å². The molecule has 0 radical (unpaired) electrons. The quantitative estimate of drug-likeness (QED) is 0.676. The van der Waals surface area contributed by atoms with Crippen molar-refractivity contribution in [3.63, 3.8) is 0 Å². The largest absolute Gasteiger partial charge is 0.348 e. The first-order valence-corrected chi connectivity index (χ1v) is 6.56. The molecule has 7 nitrogen and oxygen atoms in total. The summed E-state index contributed by atoms with van der Waals surface area (Å²) < 4.78 is 1.14. The van der Waals surface area contributed by atoms with E-state index in [1.807, 2.05) is 20.8 Å². The number of H-pyrrole nitrogens is 1. The van der Waals surface area contributed by atoms with E-state index in [0.29, 0.717) is 12.5 Å². The van der Waals surface area contributed by atoms with Crippen molar-refractivity contribution in [1.29, 1.82) is 0 Å². The van der Waals surface area contributed by atoms with E-state index in [2.05, 4.69) is 10.3 Å². The maximum atomic E-state index is 12.0. The van der Waals surface area contributed by atoms with Crippen LogP contribution in [0.5, 0.6) is 0 Å². The standard InChI is InChI=1S/C13H22N4O3.ClH/c1-9(2)6-13(3,8-14)16-11(19)7-17-5-4-10(18)15-12(17)20;/h4-5,9H,6-8,14H2,1-3H3,(H,16,19)(H,15,18,20);1H. The van der Waals surface area contributed by atoms with Crippen molar-refractivity contribution in [3.05, 3.63) is 33.1 Å². The molecule has 21 heavy (non-hydrogen) atoms. The number of nitrogens with zero attached hydrogens (tertiary/aromatic N) is 1. The van der Waals surface area contributed by atoms with Gasteiger partial charge in [-0.3, -0.25) is 19.1 Å². The fourth-order valence-electron chi connectivity index (χ4n) is 2.19. The third-order valence-electron chi connectivity index (χ3n) is 2.96. The fourth-order valence-corrected chi connectivity index (χ4v) is 2.19. The van der Waals surface area contributed by atoms with Gasteiger partial charge in [0.25, 0.3) is 5.56 Å². The van der Waals surface area contributed by atoms with Gasteiger partial charge in [0.15, 0.2) is 0 Å². The van der Waals surface area contributed by atoms with Gasteiger partial charge in [0.05, 0.1) is 0 Å². The molecule has 0 spiro atoms. The monoisotopic (exact) mass is 318 g/mol. The number of amides is 1. The lowest BCUT2D eigenvalue weighted by Gasteiger charge is -2.31. The summed E-state index contributed by atoms with van der Waals surface area (Å²) in [4.78, 5) is 36.5. The lowest BCUT2D eigenvalue weighted by Crippen LogP contribution is -2.53. The molecule has 4 N–H and O–H groups in total. The van der Waals surface area contributed by atoms with Gasteiger partial charge in [-0.15, -0.1) is 12.4 Å². The SMILES string of the molecule is CC(C)CC(C)(CN)NC(=O)Cn1ccc(=O)[nH]c1=O.Cl. The first-order valence-electron chi connectivity index (χ1n) is 6.56. The molecule has 0 aliphatic rings. The number of rotatable bonds is 6. The maximum Gasteiger partial charge on any atom is 0.328 e. The molecule has 8 heteroatoms. The van der Waals surface area contributed by atoms with Crippen LogP contribution < -0.4 is 22.3 Å². The molecule has 1 unspecified atom stereocenters. The third-order valence-corrected chi connectivity index (χ3v) is 2.96. The predicted octanol–water partition coefficient (Wildman–Crippen LogP) is -0.162. The smallest absolute Gasteiger partial charge is 0.328 e. The number of halogens is 1. The lowest BCUT2D eigenvalue weighted by molar-refractivity contribution is -0.123. The van der Waals surface area contributed by atoms with Gasteiger partial charge in [0.2, 0.25) is 5.91 Å². The van der Waals surface area contributed by atoms with Crippen molar-refractivity contribution in [2.75, 3.05) is 6.54 Å².